The molecule has 1 aliphatic heterocycles. The van der Waals surface area contributed by atoms with Crippen molar-refractivity contribution in [3.8, 4) is 0 Å². The Morgan fingerprint density at radius 2 is 2.53 bits per heavy atom. The molecular formula is C10H16N2O3. The molecule has 0 radical (unpaired) electrons. The van der Waals surface area contributed by atoms with Crippen LogP contribution in [0.25, 0.3) is 0 Å². The van der Waals surface area contributed by atoms with Gasteiger partial charge in [0.25, 0.3) is 0 Å². The molecule has 5 nitrogen and oxygen atoms in total. The number of hydrogen-bond donors (Lipinski definition) is 1. The Morgan fingerprint density at radius 3 is 3.20 bits per heavy atom. The molecule has 1 aliphatic rings. The molecule has 0 aliphatic carbocycles. The van der Waals surface area contributed by atoms with Gasteiger partial charge in [-0.15, -0.1) is 0 Å². The highest BCUT2D eigenvalue weighted by Gasteiger charge is 2.27. The number of hydrogen-bond acceptors (Lipinski definition) is 4. The molecule has 0 saturated carbocycles. The number of imidazole rings is 1. The van der Waals surface area contributed by atoms with Gasteiger partial charge in [-0.05, 0) is 6.42 Å². The summed E-state index contributed by atoms with van der Waals surface area (Å²) in [6.45, 7) is 2.53. The van der Waals surface area contributed by atoms with Crippen LogP contribution in [0.3, 0.4) is 0 Å². The number of rotatable bonds is 4. The second-order valence-electron chi connectivity index (χ2n) is 3.58. The molecule has 2 unspecified atom stereocenters. The predicted molar refractivity (Wildman–Crippen MR) is 53.2 cm³/mol. The molecule has 84 valence electrons. The van der Waals surface area contributed by atoms with Gasteiger partial charge < -0.3 is 14.6 Å². The van der Waals surface area contributed by atoms with E-state index in [2.05, 4.69) is 11.9 Å². The first-order valence-electron chi connectivity index (χ1n) is 5.24. The van der Waals surface area contributed by atoms with Crippen LogP contribution < -0.4 is 0 Å². The number of aromatic nitrogens is 2. The van der Waals surface area contributed by atoms with Gasteiger partial charge in [-0.2, -0.15) is 0 Å². The number of nitrogens with zero attached hydrogens (tertiary/aromatic N) is 2. The van der Waals surface area contributed by atoms with Crippen LogP contribution in [0.5, 0.6) is 0 Å². The summed E-state index contributed by atoms with van der Waals surface area (Å²) in [7, 11) is 0. The number of aliphatic hydroxyl groups is 1. The highest BCUT2D eigenvalue weighted by Crippen LogP contribution is 2.22. The van der Waals surface area contributed by atoms with E-state index >= 15 is 0 Å². The molecule has 2 rings (SSSR count). The average Bonchev–Trinajstić information content (AvgIpc) is 2.85. The van der Waals surface area contributed by atoms with Crippen molar-refractivity contribution in [3.05, 3.63) is 18.2 Å². The summed E-state index contributed by atoms with van der Waals surface area (Å²) in [6.07, 6.45) is 4.88. The maximum absolute atomic E-state index is 8.92. The Labute approximate surface area is 88.6 Å². The van der Waals surface area contributed by atoms with E-state index in [1.165, 1.54) is 0 Å². The molecule has 15 heavy (non-hydrogen) atoms. The molecule has 2 heterocycles. The van der Waals surface area contributed by atoms with E-state index in [9.17, 15) is 0 Å². The summed E-state index contributed by atoms with van der Waals surface area (Å²) in [4.78, 5) is 4.24. The van der Waals surface area contributed by atoms with E-state index in [-0.39, 0.29) is 12.7 Å². The Bertz CT molecular complexity index is 313. The standard InChI is InChI=1S/C10H16N2O3/c1-2-3-9-11-4-5-12(9)10-14-7-8(6-13)15-10/h4-5,8,10,13H,2-3,6-7H2,1H3. The van der Waals surface area contributed by atoms with Gasteiger partial charge in [-0.25, -0.2) is 4.98 Å². The SMILES string of the molecule is CCCc1nccn1C1OCC(CO)O1. The molecule has 1 N–H and O–H groups in total. The van der Waals surface area contributed by atoms with Crippen molar-refractivity contribution >= 4 is 0 Å². The Morgan fingerprint density at radius 1 is 1.67 bits per heavy atom. The fourth-order valence-electron chi connectivity index (χ4n) is 1.63. The van der Waals surface area contributed by atoms with Gasteiger partial charge in [-0.3, -0.25) is 4.57 Å². The highest BCUT2D eigenvalue weighted by molar-refractivity contribution is 4.93. The lowest BCUT2D eigenvalue weighted by Gasteiger charge is -2.14. The molecule has 0 bridgehead atoms. The van der Waals surface area contributed by atoms with Gasteiger partial charge in [0.05, 0.1) is 13.2 Å². The van der Waals surface area contributed by atoms with Crippen molar-refractivity contribution in [2.75, 3.05) is 13.2 Å². The molecule has 1 saturated heterocycles. The van der Waals surface area contributed by atoms with Crippen molar-refractivity contribution in [1.29, 1.82) is 0 Å². The zero-order valence-corrected chi connectivity index (χ0v) is 8.80. The first-order chi connectivity index (χ1) is 7.35. The number of ether oxygens (including phenoxy) is 2. The summed E-state index contributed by atoms with van der Waals surface area (Å²) in [5, 5.41) is 8.92. The maximum Gasteiger partial charge on any atom is 0.245 e. The molecule has 1 fully saturated rings. The van der Waals surface area contributed by atoms with Crippen LogP contribution in [0.2, 0.25) is 0 Å². The quantitative estimate of drug-likeness (QED) is 0.798. The molecule has 0 amide bonds. The topological polar surface area (TPSA) is 56.5 Å². The van der Waals surface area contributed by atoms with E-state index < -0.39 is 6.41 Å². The second kappa shape index (κ2) is 4.74. The summed E-state index contributed by atoms with van der Waals surface area (Å²) in [6, 6.07) is 0. The van der Waals surface area contributed by atoms with Crippen molar-refractivity contribution < 1.29 is 14.6 Å². The summed E-state index contributed by atoms with van der Waals surface area (Å²) >= 11 is 0. The second-order valence-corrected chi connectivity index (χ2v) is 3.58. The minimum Gasteiger partial charge on any atom is -0.394 e. The third-order valence-electron chi connectivity index (χ3n) is 2.39. The molecule has 0 aromatic carbocycles. The molecule has 5 heteroatoms. The molecular weight excluding hydrogens is 196 g/mol. The van der Waals surface area contributed by atoms with Crippen LogP contribution >= 0.6 is 0 Å². The van der Waals surface area contributed by atoms with Crippen molar-refractivity contribution in [1.82, 2.24) is 9.55 Å². The van der Waals surface area contributed by atoms with Crippen LogP contribution in [0.1, 0.15) is 25.6 Å². The van der Waals surface area contributed by atoms with Crippen LogP contribution in [0.15, 0.2) is 12.4 Å². The van der Waals surface area contributed by atoms with Crippen LogP contribution in [0.4, 0.5) is 0 Å². The first kappa shape index (κ1) is 10.6. The predicted octanol–water partition coefficient (Wildman–Crippen LogP) is 0.699. The van der Waals surface area contributed by atoms with Gasteiger partial charge in [0.2, 0.25) is 6.41 Å². The van der Waals surface area contributed by atoms with Crippen LogP contribution in [0, 0.1) is 0 Å². The average molecular weight is 212 g/mol. The number of aryl methyl sites for hydroxylation is 1. The van der Waals surface area contributed by atoms with E-state index in [1.807, 2.05) is 10.8 Å². The third-order valence-corrected chi connectivity index (χ3v) is 2.39. The van der Waals surface area contributed by atoms with E-state index in [0.29, 0.717) is 6.61 Å². The fourth-order valence-corrected chi connectivity index (χ4v) is 1.63. The largest absolute Gasteiger partial charge is 0.394 e. The molecule has 0 spiro atoms. The Balaban J connectivity index is 2.06. The van der Waals surface area contributed by atoms with E-state index in [0.717, 1.165) is 18.7 Å². The minimum atomic E-state index is -0.425. The smallest absolute Gasteiger partial charge is 0.245 e. The zero-order valence-electron chi connectivity index (χ0n) is 8.80. The summed E-state index contributed by atoms with van der Waals surface area (Å²) in [5.74, 6) is 0.959. The van der Waals surface area contributed by atoms with Gasteiger partial charge >= 0.3 is 0 Å². The maximum atomic E-state index is 8.92. The first-order valence-corrected chi connectivity index (χ1v) is 5.24. The van der Waals surface area contributed by atoms with Crippen molar-refractivity contribution in [3.63, 3.8) is 0 Å². The van der Waals surface area contributed by atoms with Crippen molar-refractivity contribution in [2.24, 2.45) is 0 Å². The lowest BCUT2D eigenvalue weighted by molar-refractivity contribution is -0.120. The lowest BCUT2D eigenvalue weighted by atomic mass is 10.3. The minimum absolute atomic E-state index is 0.00565. The van der Waals surface area contributed by atoms with Gasteiger partial charge in [-0.1, -0.05) is 6.92 Å². The van der Waals surface area contributed by atoms with Crippen LogP contribution in [-0.4, -0.2) is 34.0 Å². The molecule has 1 aromatic heterocycles. The van der Waals surface area contributed by atoms with E-state index in [4.69, 9.17) is 14.6 Å². The van der Waals surface area contributed by atoms with Gasteiger partial charge in [0, 0.05) is 18.8 Å². The van der Waals surface area contributed by atoms with Crippen molar-refractivity contribution in [2.45, 2.75) is 32.3 Å². The highest BCUT2D eigenvalue weighted by atomic mass is 16.7. The molecule has 2 atom stereocenters. The van der Waals surface area contributed by atoms with E-state index in [1.54, 1.807) is 6.20 Å². The number of aliphatic hydroxyl groups excluding tert-OH is 1. The third kappa shape index (κ3) is 2.19. The normalized spacial score (nSPS) is 26.0. The zero-order chi connectivity index (χ0) is 10.7. The summed E-state index contributed by atoms with van der Waals surface area (Å²) in [5.41, 5.74) is 0. The monoisotopic (exact) mass is 212 g/mol. The fraction of sp³-hybridized carbons (Fsp3) is 0.700. The molecule has 1 aromatic rings. The van der Waals surface area contributed by atoms with Crippen LogP contribution in [-0.2, 0) is 15.9 Å². The lowest BCUT2D eigenvalue weighted by Crippen LogP contribution is -2.16. The Kier molecular flexibility index (Phi) is 3.35. The van der Waals surface area contributed by atoms with Gasteiger partial charge in [0.15, 0.2) is 0 Å². The Hall–Kier alpha value is -0.910. The summed E-state index contributed by atoms with van der Waals surface area (Å²) < 4.78 is 12.8. The van der Waals surface area contributed by atoms with Gasteiger partial charge in [0.1, 0.15) is 11.9 Å².